The molecule has 0 amide bonds. The van der Waals surface area contributed by atoms with Crippen molar-refractivity contribution >= 4 is 23.5 Å². The Kier molecular flexibility index (Phi) is 9.67. The van der Waals surface area contributed by atoms with Crippen LogP contribution in [-0.4, -0.2) is 38.6 Å². The summed E-state index contributed by atoms with van der Waals surface area (Å²) in [6, 6.07) is 0. The van der Waals surface area contributed by atoms with Crippen molar-refractivity contribution < 1.29 is 19.8 Å². The molecule has 26 heavy (non-hydrogen) atoms. The molecule has 0 aliphatic heterocycles. The number of ketones is 1. The Bertz CT molecular complexity index is 459. The molecule has 1 aliphatic carbocycles. The summed E-state index contributed by atoms with van der Waals surface area (Å²) in [5.41, 5.74) is -0.863. The van der Waals surface area contributed by atoms with Crippen molar-refractivity contribution in [1.82, 2.24) is 0 Å². The van der Waals surface area contributed by atoms with Gasteiger partial charge in [0, 0.05) is 29.8 Å². The number of carboxylic acid groups (broad SMARTS) is 1. The standard InChI is InChI=1S/C21H38O4S/c1-5-14-20(2,3)21(4,25)15-26-18-13-12-17(22)16(18)10-8-6-7-9-11-19(23)24/h16,18,25H,5-15H2,1-4H3,(H,23,24). The fourth-order valence-corrected chi connectivity index (χ4v) is 5.51. The number of carbonyl (C=O) groups excluding carboxylic acids is 1. The molecule has 1 rings (SSSR count). The molecule has 5 heteroatoms. The number of thioether (sulfide) groups is 1. The van der Waals surface area contributed by atoms with Gasteiger partial charge in [0.25, 0.3) is 0 Å². The quantitative estimate of drug-likeness (QED) is 0.432. The third-order valence-corrected chi connectivity index (χ3v) is 7.83. The number of carboxylic acids is 1. The SMILES string of the molecule is CCCC(C)(C)C(C)(O)CSC1CCC(=O)C1CCCCCCC(=O)O. The zero-order valence-electron chi connectivity index (χ0n) is 17.1. The lowest BCUT2D eigenvalue weighted by atomic mass is 9.74. The molecule has 0 aromatic rings. The minimum atomic E-state index is -0.735. The highest BCUT2D eigenvalue weighted by Crippen LogP contribution is 2.42. The lowest BCUT2D eigenvalue weighted by Gasteiger charge is -2.40. The molecular weight excluding hydrogens is 348 g/mol. The molecule has 0 radical (unpaired) electrons. The molecule has 0 spiro atoms. The van der Waals surface area contributed by atoms with E-state index in [4.69, 9.17) is 5.11 Å². The Morgan fingerprint density at radius 2 is 1.85 bits per heavy atom. The smallest absolute Gasteiger partial charge is 0.303 e. The highest BCUT2D eigenvalue weighted by atomic mass is 32.2. The monoisotopic (exact) mass is 386 g/mol. The average Bonchev–Trinajstić information content (AvgIpc) is 2.88. The van der Waals surface area contributed by atoms with Gasteiger partial charge in [-0.15, -0.1) is 0 Å². The van der Waals surface area contributed by atoms with E-state index in [0.717, 1.165) is 51.4 Å². The highest BCUT2D eigenvalue weighted by Gasteiger charge is 2.41. The summed E-state index contributed by atoms with van der Waals surface area (Å²) in [5, 5.41) is 19.9. The van der Waals surface area contributed by atoms with Crippen molar-refractivity contribution in [2.75, 3.05) is 5.75 Å². The molecule has 4 nitrogen and oxygen atoms in total. The molecule has 3 unspecified atom stereocenters. The minimum Gasteiger partial charge on any atom is -0.481 e. The Morgan fingerprint density at radius 1 is 1.19 bits per heavy atom. The number of aliphatic hydroxyl groups is 1. The van der Waals surface area contributed by atoms with Gasteiger partial charge < -0.3 is 10.2 Å². The minimum absolute atomic E-state index is 0.115. The maximum Gasteiger partial charge on any atom is 0.303 e. The van der Waals surface area contributed by atoms with E-state index in [2.05, 4.69) is 20.8 Å². The number of rotatable bonds is 13. The van der Waals surface area contributed by atoms with E-state index in [-0.39, 0.29) is 17.8 Å². The van der Waals surface area contributed by atoms with Crippen LogP contribution in [0.25, 0.3) is 0 Å². The van der Waals surface area contributed by atoms with Crippen molar-refractivity contribution in [3.05, 3.63) is 0 Å². The highest BCUT2D eigenvalue weighted by molar-refractivity contribution is 8.00. The van der Waals surface area contributed by atoms with Crippen LogP contribution in [0.3, 0.4) is 0 Å². The zero-order chi connectivity index (χ0) is 19.8. The Hall–Kier alpha value is -0.550. The van der Waals surface area contributed by atoms with Crippen LogP contribution in [0.15, 0.2) is 0 Å². The molecule has 3 atom stereocenters. The van der Waals surface area contributed by atoms with Crippen LogP contribution in [0.4, 0.5) is 0 Å². The molecule has 0 aromatic carbocycles. The maximum absolute atomic E-state index is 12.3. The second kappa shape index (κ2) is 10.7. The maximum atomic E-state index is 12.3. The van der Waals surface area contributed by atoms with Crippen LogP contribution < -0.4 is 0 Å². The van der Waals surface area contributed by atoms with Gasteiger partial charge in [-0.05, 0) is 38.0 Å². The van der Waals surface area contributed by atoms with Gasteiger partial charge in [-0.1, -0.05) is 46.5 Å². The number of aliphatic carboxylic acids is 1. The summed E-state index contributed by atoms with van der Waals surface area (Å²) >= 11 is 1.78. The second-order valence-corrected chi connectivity index (χ2v) is 9.94. The largest absolute Gasteiger partial charge is 0.481 e. The van der Waals surface area contributed by atoms with Crippen LogP contribution in [0, 0.1) is 11.3 Å². The van der Waals surface area contributed by atoms with Gasteiger partial charge in [-0.2, -0.15) is 11.8 Å². The summed E-state index contributed by atoms with van der Waals surface area (Å²) in [5.74, 6) is 0.433. The number of hydrogen-bond donors (Lipinski definition) is 2. The average molecular weight is 387 g/mol. The van der Waals surface area contributed by atoms with Crippen LogP contribution in [0.2, 0.25) is 0 Å². The molecule has 1 aliphatic rings. The molecule has 0 bridgehead atoms. The van der Waals surface area contributed by atoms with Gasteiger partial charge in [0.15, 0.2) is 0 Å². The van der Waals surface area contributed by atoms with E-state index in [1.54, 1.807) is 11.8 Å². The third kappa shape index (κ3) is 7.22. The predicted octanol–water partition coefficient (Wildman–Crippen LogP) is 5.07. The molecule has 152 valence electrons. The van der Waals surface area contributed by atoms with Gasteiger partial charge in [0.2, 0.25) is 0 Å². The van der Waals surface area contributed by atoms with Crippen LogP contribution in [0.1, 0.15) is 91.9 Å². The second-order valence-electron chi connectivity index (χ2n) is 8.72. The first kappa shape index (κ1) is 23.5. The van der Waals surface area contributed by atoms with E-state index >= 15 is 0 Å². The number of unbranched alkanes of at least 4 members (excludes halogenated alkanes) is 3. The van der Waals surface area contributed by atoms with Gasteiger partial charge in [-0.25, -0.2) is 0 Å². The van der Waals surface area contributed by atoms with Gasteiger partial charge in [-0.3, -0.25) is 9.59 Å². The van der Waals surface area contributed by atoms with Crippen LogP contribution in [0.5, 0.6) is 0 Å². The number of Topliss-reactive ketones (excluding diaryl/α,β-unsaturated/α-hetero) is 1. The Balaban J connectivity index is 2.43. The first-order valence-electron chi connectivity index (χ1n) is 10.2. The first-order chi connectivity index (χ1) is 12.1. The van der Waals surface area contributed by atoms with Crippen LogP contribution in [-0.2, 0) is 9.59 Å². The van der Waals surface area contributed by atoms with Crippen molar-refractivity contribution in [3.8, 4) is 0 Å². The summed E-state index contributed by atoms with van der Waals surface area (Å²) in [6.45, 7) is 8.34. The fourth-order valence-electron chi connectivity index (χ4n) is 3.78. The third-order valence-electron chi connectivity index (χ3n) is 6.10. The molecule has 1 fully saturated rings. The molecular formula is C21H38O4S. The summed E-state index contributed by atoms with van der Waals surface area (Å²) < 4.78 is 0. The fraction of sp³-hybridized carbons (Fsp3) is 0.905. The Morgan fingerprint density at radius 3 is 2.46 bits per heavy atom. The molecule has 2 N–H and O–H groups in total. The molecule has 0 heterocycles. The van der Waals surface area contributed by atoms with E-state index in [0.29, 0.717) is 23.2 Å². The van der Waals surface area contributed by atoms with Crippen molar-refractivity contribution in [3.63, 3.8) is 0 Å². The van der Waals surface area contributed by atoms with E-state index < -0.39 is 11.6 Å². The molecule has 0 saturated heterocycles. The normalized spacial score (nSPS) is 23.2. The molecule has 0 aromatic heterocycles. The summed E-state index contributed by atoms with van der Waals surface area (Å²) in [7, 11) is 0. The van der Waals surface area contributed by atoms with Crippen molar-refractivity contribution in [2.24, 2.45) is 11.3 Å². The van der Waals surface area contributed by atoms with E-state index in [9.17, 15) is 14.7 Å². The topological polar surface area (TPSA) is 74.6 Å². The van der Waals surface area contributed by atoms with Gasteiger partial charge in [0.1, 0.15) is 5.78 Å². The lowest BCUT2D eigenvalue weighted by Crippen LogP contribution is -2.44. The van der Waals surface area contributed by atoms with Gasteiger partial charge in [0.05, 0.1) is 5.60 Å². The van der Waals surface area contributed by atoms with Crippen LogP contribution >= 0.6 is 11.8 Å². The summed E-state index contributed by atoms with van der Waals surface area (Å²) in [4.78, 5) is 22.8. The van der Waals surface area contributed by atoms with Gasteiger partial charge >= 0.3 is 5.97 Å². The molecule has 1 saturated carbocycles. The van der Waals surface area contributed by atoms with Crippen molar-refractivity contribution in [2.45, 2.75) is 103 Å². The zero-order valence-corrected chi connectivity index (χ0v) is 17.9. The Labute approximate surface area is 163 Å². The van der Waals surface area contributed by atoms with E-state index in [1.165, 1.54) is 0 Å². The lowest BCUT2D eigenvalue weighted by molar-refractivity contribution is -0.137. The van der Waals surface area contributed by atoms with Crippen molar-refractivity contribution in [1.29, 1.82) is 0 Å². The number of hydrogen-bond acceptors (Lipinski definition) is 4. The first-order valence-corrected chi connectivity index (χ1v) is 11.2. The number of carbonyl (C=O) groups is 2. The summed E-state index contributed by atoms with van der Waals surface area (Å²) in [6.07, 6.45) is 8.42. The van der Waals surface area contributed by atoms with E-state index in [1.807, 2.05) is 6.92 Å². The predicted molar refractivity (Wildman–Crippen MR) is 109 cm³/mol.